The molecule has 1 amide bonds. The first-order valence-electron chi connectivity index (χ1n) is 10.1. The third-order valence-electron chi connectivity index (χ3n) is 5.48. The van der Waals surface area contributed by atoms with Gasteiger partial charge in [0.1, 0.15) is 11.6 Å². The van der Waals surface area contributed by atoms with E-state index in [1.807, 2.05) is 0 Å². The van der Waals surface area contributed by atoms with Crippen molar-refractivity contribution < 1.29 is 22.0 Å². The van der Waals surface area contributed by atoms with E-state index in [1.54, 1.807) is 13.1 Å². The fraction of sp³-hybridized carbons (Fsp3) is 0.409. The van der Waals surface area contributed by atoms with Crippen molar-refractivity contribution in [2.24, 2.45) is 0 Å². The van der Waals surface area contributed by atoms with Gasteiger partial charge >= 0.3 is 0 Å². The summed E-state index contributed by atoms with van der Waals surface area (Å²) < 4.78 is 53.9. The molecule has 3 rings (SSSR count). The van der Waals surface area contributed by atoms with Crippen LogP contribution in [0.15, 0.2) is 47.4 Å². The number of sulfonamides is 1. The number of carbonyl (C=O) groups is 1. The third kappa shape index (κ3) is 5.43. The Kier molecular flexibility index (Phi) is 7.20. The van der Waals surface area contributed by atoms with Gasteiger partial charge in [0, 0.05) is 31.3 Å². The molecule has 1 fully saturated rings. The lowest BCUT2D eigenvalue weighted by molar-refractivity contribution is 0.0954. The highest BCUT2D eigenvalue weighted by molar-refractivity contribution is 7.89. The maximum atomic E-state index is 13.2. The first kappa shape index (κ1) is 22.4. The zero-order valence-electron chi connectivity index (χ0n) is 16.9. The molecule has 2 aromatic rings. The highest BCUT2D eigenvalue weighted by Crippen LogP contribution is 2.26. The lowest BCUT2D eigenvalue weighted by Crippen LogP contribution is -2.38. The number of rotatable bonds is 7. The van der Waals surface area contributed by atoms with Crippen molar-refractivity contribution in [3.63, 3.8) is 0 Å². The van der Waals surface area contributed by atoms with E-state index in [0.717, 1.165) is 38.2 Å². The molecule has 0 spiro atoms. The number of carbonyl (C=O) groups excluding carboxylic acids is 1. The zero-order chi connectivity index (χ0) is 21.7. The second-order valence-electron chi connectivity index (χ2n) is 7.62. The lowest BCUT2D eigenvalue weighted by atomic mass is 9.96. The molecule has 1 aliphatic rings. The summed E-state index contributed by atoms with van der Waals surface area (Å²) in [6.07, 6.45) is 5.10. The summed E-state index contributed by atoms with van der Waals surface area (Å²) in [4.78, 5) is 12.5. The van der Waals surface area contributed by atoms with Gasteiger partial charge in [-0.05, 0) is 55.2 Å². The van der Waals surface area contributed by atoms with Crippen molar-refractivity contribution in [1.82, 2.24) is 9.62 Å². The smallest absolute Gasteiger partial charge is 0.251 e. The zero-order valence-corrected chi connectivity index (χ0v) is 17.7. The van der Waals surface area contributed by atoms with E-state index >= 15 is 0 Å². The highest BCUT2D eigenvalue weighted by atomic mass is 32.2. The summed E-state index contributed by atoms with van der Waals surface area (Å²) >= 11 is 0. The molecule has 1 N–H and O–H groups in total. The van der Waals surface area contributed by atoms with E-state index in [4.69, 9.17) is 0 Å². The number of hydrogen-bond acceptors (Lipinski definition) is 3. The third-order valence-corrected chi connectivity index (χ3v) is 7.39. The molecule has 0 saturated heterocycles. The second-order valence-corrected chi connectivity index (χ2v) is 9.62. The minimum atomic E-state index is -3.70. The van der Waals surface area contributed by atoms with Crippen molar-refractivity contribution >= 4 is 15.9 Å². The van der Waals surface area contributed by atoms with Gasteiger partial charge in [-0.25, -0.2) is 17.2 Å². The Hall–Kier alpha value is -2.32. The molecule has 0 heterocycles. The maximum absolute atomic E-state index is 13.2. The van der Waals surface area contributed by atoms with E-state index in [-0.39, 0.29) is 29.5 Å². The molecule has 5 nitrogen and oxygen atoms in total. The summed E-state index contributed by atoms with van der Waals surface area (Å²) in [5.74, 6) is -1.78. The minimum absolute atomic E-state index is 0.0205. The number of nitrogens with one attached hydrogen (secondary N) is 1. The summed E-state index contributed by atoms with van der Waals surface area (Å²) in [5, 5.41) is 2.67. The quantitative estimate of drug-likeness (QED) is 0.716. The van der Waals surface area contributed by atoms with Crippen LogP contribution in [0.3, 0.4) is 0 Å². The molecule has 0 unspecified atom stereocenters. The van der Waals surface area contributed by atoms with Crippen molar-refractivity contribution in [2.75, 3.05) is 13.6 Å². The normalized spacial score (nSPS) is 15.3. The predicted octanol–water partition coefficient (Wildman–Crippen LogP) is 3.89. The molecule has 0 bridgehead atoms. The van der Waals surface area contributed by atoms with E-state index in [9.17, 15) is 22.0 Å². The number of benzene rings is 2. The van der Waals surface area contributed by atoms with Crippen LogP contribution in [0.1, 0.15) is 48.0 Å². The monoisotopic (exact) mass is 436 g/mol. The minimum Gasteiger partial charge on any atom is -0.352 e. The highest BCUT2D eigenvalue weighted by Gasteiger charge is 2.29. The van der Waals surface area contributed by atoms with Gasteiger partial charge in [0.05, 0.1) is 4.90 Å². The molecular formula is C22H26F2N2O3S. The van der Waals surface area contributed by atoms with Crippen LogP contribution in [-0.4, -0.2) is 38.3 Å². The maximum Gasteiger partial charge on any atom is 0.251 e. The SMILES string of the molecule is CN(C1CCCCC1)S(=O)(=O)c1cccc(C(=O)NCCc2cc(F)cc(F)c2)c1. The van der Waals surface area contributed by atoms with Crippen LogP contribution in [0.4, 0.5) is 8.78 Å². The Morgan fingerprint density at radius 1 is 1.07 bits per heavy atom. The second kappa shape index (κ2) is 9.66. The number of nitrogens with zero attached hydrogens (tertiary/aromatic N) is 1. The molecule has 0 aromatic heterocycles. The van der Waals surface area contributed by atoms with Gasteiger partial charge < -0.3 is 5.32 Å². The summed E-state index contributed by atoms with van der Waals surface area (Å²) in [6, 6.07) is 9.13. The van der Waals surface area contributed by atoms with Gasteiger partial charge in [-0.2, -0.15) is 4.31 Å². The van der Waals surface area contributed by atoms with Gasteiger partial charge in [0.15, 0.2) is 0 Å². The standard InChI is InChI=1S/C22H26F2N2O3S/c1-26(20-7-3-2-4-8-20)30(28,29)21-9-5-6-17(14-21)22(27)25-11-10-16-12-18(23)15-19(24)13-16/h5-6,9,12-15,20H,2-4,7-8,10-11H2,1H3,(H,25,27). The van der Waals surface area contributed by atoms with Gasteiger partial charge in [-0.3, -0.25) is 4.79 Å². The fourth-order valence-corrected chi connectivity index (χ4v) is 5.24. The Balaban J connectivity index is 1.65. The molecule has 2 aromatic carbocycles. The van der Waals surface area contributed by atoms with E-state index in [0.29, 0.717) is 5.56 Å². The predicted molar refractivity (Wildman–Crippen MR) is 111 cm³/mol. The molecule has 0 atom stereocenters. The van der Waals surface area contributed by atoms with E-state index < -0.39 is 27.6 Å². The van der Waals surface area contributed by atoms with Crippen molar-refractivity contribution in [1.29, 1.82) is 0 Å². The summed E-state index contributed by atoms with van der Waals surface area (Å²) in [7, 11) is -2.10. The Morgan fingerprint density at radius 3 is 2.40 bits per heavy atom. The van der Waals surface area contributed by atoms with Crippen LogP contribution in [-0.2, 0) is 16.4 Å². The lowest BCUT2D eigenvalue weighted by Gasteiger charge is -2.30. The van der Waals surface area contributed by atoms with Crippen LogP contribution in [0.5, 0.6) is 0 Å². The Morgan fingerprint density at radius 2 is 1.73 bits per heavy atom. The van der Waals surface area contributed by atoms with Gasteiger partial charge in [-0.15, -0.1) is 0 Å². The summed E-state index contributed by atoms with van der Waals surface area (Å²) in [5.41, 5.74) is 0.650. The number of amides is 1. The van der Waals surface area contributed by atoms with Crippen LogP contribution in [0.25, 0.3) is 0 Å². The van der Waals surface area contributed by atoms with Crippen molar-refractivity contribution in [3.05, 3.63) is 65.2 Å². The number of halogens is 2. The first-order valence-corrected chi connectivity index (χ1v) is 11.5. The van der Waals surface area contributed by atoms with Crippen LogP contribution in [0.2, 0.25) is 0 Å². The van der Waals surface area contributed by atoms with E-state index in [2.05, 4.69) is 5.32 Å². The molecule has 8 heteroatoms. The van der Waals surface area contributed by atoms with Crippen LogP contribution >= 0.6 is 0 Å². The molecule has 1 saturated carbocycles. The van der Waals surface area contributed by atoms with Crippen LogP contribution < -0.4 is 5.32 Å². The molecule has 0 aliphatic heterocycles. The largest absolute Gasteiger partial charge is 0.352 e. The van der Waals surface area contributed by atoms with Gasteiger partial charge in [0.2, 0.25) is 10.0 Å². The average Bonchev–Trinajstić information content (AvgIpc) is 2.73. The molecule has 0 radical (unpaired) electrons. The van der Waals surface area contributed by atoms with Gasteiger partial charge in [0.25, 0.3) is 5.91 Å². The van der Waals surface area contributed by atoms with Gasteiger partial charge in [-0.1, -0.05) is 25.3 Å². The fourth-order valence-electron chi connectivity index (χ4n) is 3.78. The molecule has 162 valence electrons. The molecule has 30 heavy (non-hydrogen) atoms. The Bertz CT molecular complexity index is 985. The average molecular weight is 437 g/mol. The Labute approximate surface area is 176 Å². The van der Waals surface area contributed by atoms with Crippen LogP contribution in [0, 0.1) is 11.6 Å². The summed E-state index contributed by atoms with van der Waals surface area (Å²) in [6.45, 7) is 0.167. The van der Waals surface area contributed by atoms with E-state index in [1.165, 1.54) is 34.6 Å². The topological polar surface area (TPSA) is 66.5 Å². The first-order chi connectivity index (χ1) is 14.3. The van der Waals surface area contributed by atoms with Crippen molar-refractivity contribution in [3.8, 4) is 0 Å². The molecule has 1 aliphatic carbocycles. The molecular weight excluding hydrogens is 410 g/mol. The number of hydrogen-bond donors (Lipinski definition) is 1. The van der Waals surface area contributed by atoms with Crippen molar-refractivity contribution in [2.45, 2.75) is 49.5 Å².